The number of hydrogen-bond acceptors (Lipinski definition) is 4. The first-order chi connectivity index (χ1) is 11.6. The summed E-state index contributed by atoms with van der Waals surface area (Å²) in [6, 6.07) is 5.79. The van der Waals surface area contributed by atoms with Gasteiger partial charge in [-0.1, -0.05) is 0 Å². The van der Waals surface area contributed by atoms with Crippen LogP contribution in [0.3, 0.4) is 0 Å². The number of aromatic nitrogens is 5. The van der Waals surface area contributed by atoms with E-state index in [1.807, 2.05) is 72.6 Å². The van der Waals surface area contributed by atoms with Gasteiger partial charge in [-0.15, -0.1) is 0 Å². The zero-order valence-electron chi connectivity index (χ0n) is 13.8. The van der Waals surface area contributed by atoms with Gasteiger partial charge in [-0.05, 0) is 44.2 Å². The molecule has 0 atom stereocenters. The zero-order chi connectivity index (χ0) is 16.7. The predicted molar refractivity (Wildman–Crippen MR) is 92.3 cm³/mol. The lowest BCUT2D eigenvalue weighted by molar-refractivity contribution is 0.580. The molecular formula is C18H17N5O. The molecule has 4 heterocycles. The van der Waals surface area contributed by atoms with Crippen LogP contribution in [0.25, 0.3) is 29.4 Å². The molecule has 6 nitrogen and oxygen atoms in total. The Morgan fingerprint density at radius 2 is 1.96 bits per heavy atom. The third-order valence-electron chi connectivity index (χ3n) is 3.87. The summed E-state index contributed by atoms with van der Waals surface area (Å²) in [6.45, 7) is 4.02. The van der Waals surface area contributed by atoms with Crippen molar-refractivity contribution in [1.82, 2.24) is 23.9 Å². The Kier molecular flexibility index (Phi) is 3.30. The van der Waals surface area contributed by atoms with Crippen molar-refractivity contribution in [2.45, 2.75) is 13.8 Å². The molecule has 4 aromatic rings. The summed E-state index contributed by atoms with van der Waals surface area (Å²) in [5, 5.41) is 0. The second-order valence-corrected chi connectivity index (χ2v) is 5.78. The maximum absolute atomic E-state index is 5.39. The van der Waals surface area contributed by atoms with Crippen LogP contribution < -0.4 is 0 Å². The molecule has 0 aliphatic carbocycles. The van der Waals surface area contributed by atoms with Crippen LogP contribution in [0.4, 0.5) is 0 Å². The lowest BCUT2D eigenvalue weighted by Gasteiger charge is -1.98. The Labute approximate surface area is 139 Å². The second kappa shape index (κ2) is 5.49. The summed E-state index contributed by atoms with van der Waals surface area (Å²) in [5.41, 5.74) is 3.74. The van der Waals surface area contributed by atoms with E-state index in [4.69, 9.17) is 4.42 Å². The number of aryl methyl sites for hydroxylation is 3. The van der Waals surface area contributed by atoms with E-state index in [1.165, 1.54) is 0 Å². The average molecular weight is 319 g/mol. The fourth-order valence-corrected chi connectivity index (χ4v) is 2.71. The first-order valence-electron chi connectivity index (χ1n) is 7.69. The Hall–Kier alpha value is -3.15. The van der Waals surface area contributed by atoms with Gasteiger partial charge in [-0.3, -0.25) is 4.40 Å². The largest absolute Gasteiger partial charge is 0.463 e. The molecular weight excluding hydrogens is 302 g/mol. The van der Waals surface area contributed by atoms with Crippen LogP contribution in [0.5, 0.6) is 0 Å². The van der Waals surface area contributed by atoms with Crippen molar-refractivity contribution in [3.05, 3.63) is 59.8 Å². The van der Waals surface area contributed by atoms with Crippen molar-refractivity contribution in [2.24, 2.45) is 7.05 Å². The molecule has 0 fully saturated rings. The zero-order valence-corrected chi connectivity index (χ0v) is 13.8. The van der Waals surface area contributed by atoms with E-state index in [1.54, 1.807) is 6.26 Å². The third kappa shape index (κ3) is 2.52. The van der Waals surface area contributed by atoms with Crippen molar-refractivity contribution < 1.29 is 4.42 Å². The van der Waals surface area contributed by atoms with E-state index in [0.717, 1.165) is 34.4 Å². The minimum Gasteiger partial charge on any atom is -0.463 e. The second-order valence-electron chi connectivity index (χ2n) is 5.78. The smallest absolute Gasteiger partial charge is 0.234 e. The Morgan fingerprint density at radius 1 is 1.08 bits per heavy atom. The molecule has 0 aliphatic rings. The van der Waals surface area contributed by atoms with E-state index >= 15 is 0 Å². The lowest BCUT2D eigenvalue weighted by atomic mass is 10.3. The number of rotatable bonds is 3. The van der Waals surface area contributed by atoms with Gasteiger partial charge in [0.05, 0.1) is 12.0 Å². The molecule has 6 heteroatoms. The van der Waals surface area contributed by atoms with Gasteiger partial charge in [-0.2, -0.15) is 0 Å². The van der Waals surface area contributed by atoms with Gasteiger partial charge < -0.3 is 8.98 Å². The summed E-state index contributed by atoms with van der Waals surface area (Å²) in [5.74, 6) is 2.30. The van der Waals surface area contributed by atoms with Gasteiger partial charge in [-0.25, -0.2) is 15.0 Å². The molecule has 0 radical (unpaired) electrons. The predicted octanol–water partition coefficient (Wildman–Crippen LogP) is 3.51. The van der Waals surface area contributed by atoms with Gasteiger partial charge in [0.1, 0.15) is 11.5 Å². The highest BCUT2D eigenvalue weighted by atomic mass is 16.3. The number of hydrogen-bond donors (Lipinski definition) is 0. The summed E-state index contributed by atoms with van der Waals surface area (Å²) < 4.78 is 9.33. The third-order valence-corrected chi connectivity index (χ3v) is 3.87. The number of nitrogens with zero attached hydrogens (tertiary/aromatic N) is 5. The number of fused-ring (bicyclic) bond motifs is 1. The Balaban J connectivity index is 1.67. The molecule has 0 amide bonds. The van der Waals surface area contributed by atoms with Gasteiger partial charge in [0.2, 0.25) is 5.78 Å². The van der Waals surface area contributed by atoms with E-state index in [2.05, 4.69) is 15.0 Å². The van der Waals surface area contributed by atoms with Crippen LogP contribution in [0.2, 0.25) is 0 Å². The highest BCUT2D eigenvalue weighted by Crippen LogP contribution is 2.19. The van der Waals surface area contributed by atoms with Gasteiger partial charge >= 0.3 is 0 Å². The van der Waals surface area contributed by atoms with Crippen molar-refractivity contribution in [3.63, 3.8) is 0 Å². The van der Waals surface area contributed by atoms with E-state index in [0.29, 0.717) is 5.78 Å². The summed E-state index contributed by atoms with van der Waals surface area (Å²) in [6.07, 6.45) is 9.45. The molecule has 0 aliphatic heterocycles. The Bertz CT molecular complexity index is 1040. The first kappa shape index (κ1) is 14.4. The molecule has 4 rings (SSSR count). The highest BCUT2D eigenvalue weighted by molar-refractivity contribution is 5.67. The molecule has 0 aromatic carbocycles. The fraction of sp³-hybridized carbons (Fsp3) is 0.167. The molecule has 0 spiro atoms. The molecule has 24 heavy (non-hydrogen) atoms. The quantitative estimate of drug-likeness (QED) is 0.580. The highest BCUT2D eigenvalue weighted by Gasteiger charge is 2.08. The van der Waals surface area contributed by atoms with Crippen LogP contribution in [0, 0.1) is 13.8 Å². The summed E-state index contributed by atoms with van der Waals surface area (Å²) in [4.78, 5) is 13.6. The minimum absolute atomic E-state index is 0.711. The monoisotopic (exact) mass is 319 g/mol. The molecule has 0 saturated heterocycles. The first-order valence-corrected chi connectivity index (χ1v) is 7.69. The number of furan rings is 1. The molecule has 120 valence electrons. The van der Waals surface area contributed by atoms with Gasteiger partial charge in [0.15, 0.2) is 5.76 Å². The van der Waals surface area contributed by atoms with Crippen LogP contribution in [0.1, 0.15) is 22.9 Å². The average Bonchev–Trinajstić information content (AvgIpc) is 3.24. The summed E-state index contributed by atoms with van der Waals surface area (Å²) in [7, 11) is 1.96. The number of imidazole rings is 2. The van der Waals surface area contributed by atoms with Crippen LogP contribution >= 0.6 is 0 Å². The SMILES string of the molecule is Cc1cc(C)n2cc(C=Cc3nc(-c4ccco4)cn3C)nc2n1. The van der Waals surface area contributed by atoms with E-state index in [-0.39, 0.29) is 0 Å². The molecule has 0 N–H and O–H groups in total. The van der Waals surface area contributed by atoms with Crippen molar-refractivity contribution in [2.75, 3.05) is 0 Å². The van der Waals surface area contributed by atoms with E-state index in [9.17, 15) is 0 Å². The Morgan fingerprint density at radius 3 is 2.75 bits per heavy atom. The van der Waals surface area contributed by atoms with Crippen LogP contribution in [0.15, 0.2) is 41.3 Å². The fourth-order valence-electron chi connectivity index (χ4n) is 2.71. The van der Waals surface area contributed by atoms with E-state index < -0.39 is 0 Å². The van der Waals surface area contributed by atoms with Gasteiger partial charge in [0, 0.05) is 30.8 Å². The molecule has 0 unspecified atom stereocenters. The molecule has 4 aromatic heterocycles. The van der Waals surface area contributed by atoms with Crippen molar-refractivity contribution in [1.29, 1.82) is 0 Å². The molecule has 0 bridgehead atoms. The van der Waals surface area contributed by atoms with Crippen LogP contribution in [-0.2, 0) is 7.05 Å². The normalized spacial score (nSPS) is 11.8. The maximum Gasteiger partial charge on any atom is 0.234 e. The van der Waals surface area contributed by atoms with Gasteiger partial charge in [0.25, 0.3) is 0 Å². The maximum atomic E-state index is 5.39. The minimum atomic E-state index is 0.711. The van der Waals surface area contributed by atoms with Crippen molar-refractivity contribution >= 4 is 17.9 Å². The summed E-state index contributed by atoms with van der Waals surface area (Å²) >= 11 is 0. The topological polar surface area (TPSA) is 61.2 Å². The lowest BCUT2D eigenvalue weighted by Crippen LogP contribution is -1.94. The van der Waals surface area contributed by atoms with Crippen molar-refractivity contribution in [3.8, 4) is 11.5 Å². The van der Waals surface area contributed by atoms with Crippen LogP contribution in [-0.4, -0.2) is 23.9 Å². The standard InChI is InChI=1S/C18H17N5O/c1-12-9-13(2)23-10-14(20-18(23)19-12)6-7-17-21-15(11-22(17)3)16-5-4-8-24-16/h4-11H,1-3H3. The molecule has 0 saturated carbocycles.